The maximum Gasteiger partial charge on any atom is 0.119 e. The van der Waals surface area contributed by atoms with Crippen molar-refractivity contribution in [2.75, 3.05) is 6.61 Å². The summed E-state index contributed by atoms with van der Waals surface area (Å²) in [6.07, 6.45) is 3.83. The molecule has 2 N–H and O–H groups in total. The van der Waals surface area contributed by atoms with Crippen molar-refractivity contribution in [3.63, 3.8) is 0 Å². The molecule has 2 rings (SSSR count). The van der Waals surface area contributed by atoms with E-state index < -0.39 is 0 Å². The molecule has 0 spiro atoms. The Hall–Kier alpha value is -1.81. The minimum atomic E-state index is -0.0556. The van der Waals surface area contributed by atoms with Crippen molar-refractivity contribution in [2.24, 2.45) is 5.73 Å². The quantitative estimate of drug-likeness (QED) is 0.879. The molecule has 1 atom stereocenters. The van der Waals surface area contributed by atoms with Gasteiger partial charge >= 0.3 is 0 Å². The van der Waals surface area contributed by atoms with Gasteiger partial charge in [-0.3, -0.25) is 4.68 Å². The molecule has 1 unspecified atom stereocenters. The number of hydrogen-bond donors (Lipinski definition) is 1. The summed E-state index contributed by atoms with van der Waals surface area (Å²) in [7, 11) is 0. The van der Waals surface area contributed by atoms with Crippen molar-refractivity contribution >= 4 is 0 Å². The van der Waals surface area contributed by atoms with Crippen LogP contribution in [0.2, 0.25) is 0 Å². The van der Waals surface area contributed by atoms with E-state index >= 15 is 0 Å². The van der Waals surface area contributed by atoms with Gasteiger partial charge in [-0.2, -0.15) is 5.10 Å². The van der Waals surface area contributed by atoms with Crippen molar-refractivity contribution in [1.82, 2.24) is 9.78 Å². The van der Waals surface area contributed by atoms with Gasteiger partial charge in [0.15, 0.2) is 0 Å². The van der Waals surface area contributed by atoms with Gasteiger partial charge < -0.3 is 10.5 Å². The lowest BCUT2D eigenvalue weighted by molar-refractivity contribution is 0.340. The average Bonchev–Trinajstić information content (AvgIpc) is 2.76. The number of nitrogens with two attached hydrogens (primary N) is 1. The number of benzene rings is 1. The molecule has 18 heavy (non-hydrogen) atoms. The summed E-state index contributed by atoms with van der Waals surface area (Å²) in [6, 6.07) is 7.86. The Kier molecular flexibility index (Phi) is 3.99. The second-order valence-corrected chi connectivity index (χ2v) is 4.35. The number of aryl methyl sites for hydroxylation is 1. The van der Waals surface area contributed by atoms with E-state index in [1.54, 1.807) is 0 Å². The van der Waals surface area contributed by atoms with Crippen LogP contribution in [-0.4, -0.2) is 16.4 Å². The Morgan fingerprint density at radius 1 is 1.33 bits per heavy atom. The molecule has 0 bridgehead atoms. The molecule has 96 valence electrons. The Morgan fingerprint density at radius 3 is 2.61 bits per heavy atom. The van der Waals surface area contributed by atoms with Gasteiger partial charge in [0.05, 0.1) is 19.3 Å². The predicted octanol–water partition coefficient (Wildman–Crippen LogP) is 2.29. The number of rotatable bonds is 5. The fourth-order valence-corrected chi connectivity index (χ4v) is 1.85. The third-order valence-electron chi connectivity index (χ3n) is 2.77. The van der Waals surface area contributed by atoms with Crippen molar-refractivity contribution in [3.8, 4) is 5.75 Å². The van der Waals surface area contributed by atoms with Gasteiger partial charge in [0.1, 0.15) is 5.75 Å². The molecule has 1 aromatic heterocycles. The second-order valence-electron chi connectivity index (χ2n) is 4.35. The van der Waals surface area contributed by atoms with Crippen molar-refractivity contribution < 1.29 is 4.74 Å². The van der Waals surface area contributed by atoms with Crippen molar-refractivity contribution in [3.05, 3.63) is 47.8 Å². The van der Waals surface area contributed by atoms with Crippen LogP contribution in [-0.2, 0) is 6.54 Å². The topological polar surface area (TPSA) is 53.1 Å². The normalized spacial score (nSPS) is 12.4. The van der Waals surface area contributed by atoms with Gasteiger partial charge in [0.2, 0.25) is 0 Å². The van der Waals surface area contributed by atoms with Crippen LogP contribution < -0.4 is 10.5 Å². The van der Waals surface area contributed by atoms with Gasteiger partial charge in [0.25, 0.3) is 0 Å². The molecule has 0 saturated carbocycles. The van der Waals surface area contributed by atoms with Crippen LogP contribution >= 0.6 is 0 Å². The van der Waals surface area contributed by atoms with E-state index in [-0.39, 0.29) is 6.04 Å². The maximum atomic E-state index is 6.16. The average molecular weight is 245 g/mol. The molecule has 0 aliphatic rings. The SMILES string of the molecule is CCOc1ccc(C(N)Cn2cc(C)cn2)cc1. The van der Waals surface area contributed by atoms with Crippen molar-refractivity contribution in [1.29, 1.82) is 0 Å². The van der Waals surface area contributed by atoms with E-state index in [2.05, 4.69) is 5.10 Å². The van der Waals surface area contributed by atoms with E-state index in [1.165, 1.54) is 0 Å². The number of ether oxygens (including phenoxy) is 1. The first-order valence-corrected chi connectivity index (χ1v) is 6.16. The molecule has 1 heterocycles. The fourth-order valence-electron chi connectivity index (χ4n) is 1.85. The Bertz CT molecular complexity index is 490. The second kappa shape index (κ2) is 5.69. The molecule has 0 fully saturated rings. The zero-order chi connectivity index (χ0) is 13.0. The Morgan fingerprint density at radius 2 is 2.06 bits per heavy atom. The lowest BCUT2D eigenvalue weighted by atomic mass is 10.1. The zero-order valence-corrected chi connectivity index (χ0v) is 10.8. The van der Waals surface area contributed by atoms with E-state index in [4.69, 9.17) is 10.5 Å². The fraction of sp³-hybridized carbons (Fsp3) is 0.357. The molecule has 1 aromatic carbocycles. The smallest absolute Gasteiger partial charge is 0.119 e. The summed E-state index contributed by atoms with van der Waals surface area (Å²) < 4.78 is 7.28. The van der Waals surface area contributed by atoms with E-state index in [9.17, 15) is 0 Å². The standard InChI is InChI=1S/C14H19N3O/c1-3-18-13-6-4-12(5-7-13)14(15)10-17-9-11(2)8-16-17/h4-9,14H,3,10,15H2,1-2H3. The minimum Gasteiger partial charge on any atom is -0.494 e. The van der Waals surface area contributed by atoms with Crippen LogP contribution in [0.25, 0.3) is 0 Å². The third kappa shape index (κ3) is 3.11. The Labute approximate surface area is 107 Å². The first-order valence-electron chi connectivity index (χ1n) is 6.16. The highest BCUT2D eigenvalue weighted by atomic mass is 16.5. The number of hydrogen-bond acceptors (Lipinski definition) is 3. The van der Waals surface area contributed by atoms with E-state index in [0.29, 0.717) is 13.2 Å². The largest absolute Gasteiger partial charge is 0.494 e. The lowest BCUT2D eigenvalue weighted by Gasteiger charge is -2.13. The monoisotopic (exact) mass is 245 g/mol. The van der Waals surface area contributed by atoms with Gasteiger partial charge in [-0.25, -0.2) is 0 Å². The number of aromatic nitrogens is 2. The van der Waals surface area contributed by atoms with E-state index in [1.807, 2.05) is 55.2 Å². The molecule has 0 amide bonds. The minimum absolute atomic E-state index is 0.0556. The third-order valence-corrected chi connectivity index (χ3v) is 2.77. The molecule has 0 saturated heterocycles. The van der Waals surface area contributed by atoms with E-state index in [0.717, 1.165) is 16.9 Å². The lowest BCUT2D eigenvalue weighted by Crippen LogP contribution is -2.17. The van der Waals surface area contributed by atoms with Gasteiger partial charge in [-0.05, 0) is 37.1 Å². The molecule has 4 heteroatoms. The molecular formula is C14H19N3O. The van der Waals surface area contributed by atoms with Gasteiger partial charge in [-0.1, -0.05) is 12.1 Å². The maximum absolute atomic E-state index is 6.16. The van der Waals surface area contributed by atoms with Crippen LogP contribution in [0.4, 0.5) is 0 Å². The first-order chi connectivity index (χ1) is 8.69. The van der Waals surface area contributed by atoms with Gasteiger partial charge in [0, 0.05) is 12.2 Å². The Balaban J connectivity index is 2.02. The number of nitrogens with zero attached hydrogens (tertiary/aromatic N) is 2. The molecule has 4 nitrogen and oxygen atoms in total. The summed E-state index contributed by atoms with van der Waals surface area (Å²) >= 11 is 0. The van der Waals surface area contributed by atoms with Crippen LogP contribution in [0.1, 0.15) is 24.1 Å². The summed E-state index contributed by atoms with van der Waals surface area (Å²) in [5, 5.41) is 4.24. The zero-order valence-electron chi connectivity index (χ0n) is 10.8. The summed E-state index contributed by atoms with van der Waals surface area (Å²) in [6.45, 7) is 5.35. The molecule has 0 aliphatic heterocycles. The molecule has 0 radical (unpaired) electrons. The molecule has 2 aromatic rings. The van der Waals surface area contributed by atoms with Gasteiger partial charge in [-0.15, -0.1) is 0 Å². The summed E-state index contributed by atoms with van der Waals surface area (Å²) in [4.78, 5) is 0. The summed E-state index contributed by atoms with van der Waals surface area (Å²) in [5.74, 6) is 0.878. The highest BCUT2D eigenvalue weighted by molar-refractivity contribution is 5.29. The van der Waals surface area contributed by atoms with Crippen LogP contribution in [0.5, 0.6) is 5.75 Å². The highest BCUT2D eigenvalue weighted by Gasteiger charge is 2.07. The molecular weight excluding hydrogens is 226 g/mol. The summed E-state index contributed by atoms with van der Waals surface area (Å²) in [5.41, 5.74) is 8.40. The predicted molar refractivity (Wildman–Crippen MR) is 71.5 cm³/mol. The van der Waals surface area contributed by atoms with Crippen molar-refractivity contribution in [2.45, 2.75) is 26.4 Å². The van der Waals surface area contributed by atoms with Crippen LogP contribution in [0.15, 0.2) is 36.7 Å². The molecule has 0 aliphatic carbocycles. The van der Waals surface area contributed by atoms with Crippen LogP contribution in [0.3, 0.4) is 0 Å². The first kappa shape index (κ1) is 12.6. The van der Waals surface area contributed by atoms with Crippen LogP contribution in [0, 0.1) is 6.92 Å². The highest BCUT2D eigenvalue weighted by Crippen LogP contribution is 2.17.